The molecule has 1 aliphatic heterocycles. The van der Waals surface area contributed by atoms with Gasteiger partial charge in [-0.3, -0.25) is 9.59 Å². The summed E-state index contributed by atoms with van der Waals surface area (Å²) in [5.41, 5.74) is 4.77. The summed E-state index contributed by atoms with van der Waals surface area (Å²) in [6.45, 7) is 6.11. The van der Waals surface area contributed by atoms with Gasteiger partial charge in [-0.2, -0.15) is 0 Å². The fourth-order valence-electron chi connectivity index (χ4n) is 1.65. The molecule has 79 valence electrons. The molecule has 0 unspecified atom stereocenters. The van der Waals surface area contributed by atoms with E-state index in [9.17, 15) is 9.59 Å². The second-order valence-electron chi connectivity index (χ2n) is 4.29. The van der Waals surface area contributed by atoms with Gasteiger partial charge in [0.05, 0.1) is 6.04 Å². The van der Waals surface area contributed by atoms with Gasteiger partial charge in [-0.05, 0) is 19.3 Å². The minimum Gasteiger partial charge on any atom is -0.328 e. The van der Waals surface area contributed by atoms with Gasteiger partial charge < -0.3 is 10.6 Å². The number of hydrogen-bond donors (Lipinski definition) is 1. The fraction of sp³-hybridized carbons (Fsp3) is 0.800. The van der Waals surface area contributed by atoms with Crippen LogP contribution in [0.3, 0.4) is 0 Å². The van der Waals surface area contributed by atoms with Crippen LogP contribution in [0.4, 0.5) is 0 Å². The van der Waals surface area contributed by atoms with Crippen molar-refractivity contribution >= 4 is 12.2 Å². The first-order valence-electron chi connectivity index (χ1n) is 4.90. The Balaban J connectivity index is 2.91. The highest BCUT2D eigenvalue weighted by Crippen LogP contribution is 2.27. The number of nitrogens with zero attached hydrogens (tertiary/aromatic N) is 1. The third-order valence-corrected chi connectivity index (χ3v) is 3.14. The summed E-state index contributed by atoms with van der Waals surface area (Å²) in [5, 5.41) is 0. The number of rotatable bonds is 3. The fourth-order valence-corrected chi connectivity index (χ4v) is 1.65. The van der Waals surface area contributed by atoms with Crippen molar-refractivity contribution in [2.75, 3.05) is 6.54 Å². The summed E-state index contributed by atoms with van der Waals surface area (Å²) < 4.78 is 0. The van der Waals surface area contributed by atoms with Gasteiger partial charge in [0.25, 0.3) is 0 Å². The van der Waals surface area contributed by atoms with E-state index in [0.717, 1.165) is 0 Å². The van der Waals surface area contributed by atoms with Gasteiger partial charge in [-0.25, -0.2) is 0 Å². The lowest BCUT2D eigenvalue weighted by Crippen LogP contribution is -2.53. The van der Waals surface area contributed by atoms with Gasteiger partial charge in [-0.15, -0.1) is 0 Å². The van der Waals surface area contributed by atoms with Crippen LogP contribution in [0, 0.1) is 5.92 Å². The molecular formula is C10H17N2O2. The predicted octanol–water partition coefficient (Wildman–Crippen LogP) is 0.0704. The number of hydrogen-bond acceptors (Lipinski definition) is 3. The Labute approximate surface area is 84.4 Å². The average Bonchev–Trinajstić information content (AvgIpc) is 2.46. The lowest BCUT2D eigenvalue weighted by molar-refractivity contribution is -0.132. The monoisotopic (exact) mass is 197 g/mol. The topological polar surface area (TPSA) is 63.4 Å². The largest absolute Gasteiger partial charge is 0.328 e. The lowest BCUT2D eigenvalue weighted by atomic mass is 9.88. The average molecular weight is 197 g/mol. The van der Waals surface area contributed by atoms with Crippen LogP contribution in [0.5, 0.6) is 0 Å². The van der Waals surface area contributed by atoms with Crippen LogP contribution in [0.2, 0.25) is 0 Å². The molecule has 4 heteroatoms. The van der Waals surface area contributed by atoms with Crippen molar-refractivity contribution in [2.45, 2.75) is 38.8 Å². The molecule has 14 heavy (non-hydrogen) atoms. The van der Waals surface area contributed by atoms with Crippen LogP contribution in [0.1, 0.15) is 27.2 Å². The van der Waals surface area contributed by atoms with E-state index >= 15 is 0 Å². The highest BCUT2D eigenvalue weighted by molar-refractivity contribution is 5.87. The van der Waals surface area contributed by atoms with Crippen LogP contribution in [-0.4, -0.2) is 35.2 Å². The molecule has 1 fully saturated rings. The van der Waals surface area contributed by atoms with Crippen molar-refractivity contribution in [1.82, 2.24) is 4.90 Å². The maximum atomic E-state index is 11.6. The molecule has 0 aromatic heterocycles. The molecule has 2 N–H and O–H groups in total. The van der Waals surface area contributed by atoms with Gasteiger partial charge in [0, 0.05) is 6.54 Å². The third kappa shape index (κ3) is 1.54. The van der Waals surface area contributed by atoms with Gasteiger partial charge in [0.15, 0.2) is 0 Å². The quantitative estimate of drug-likeness (QED) is 0.696. The predicted molar refractivity (Wildman–Crippen MR) is 53.2 cm³/mol. The van der Waals surface area contributed by atoms with E-state index in [-0.39, 0.29) is 11.8 Å². The molecule has 0 aliphatic carbocycles. The first-order valence-corrected chi connectivity index (χ1v) is 4.90. The maximum absolute atomic E-state index is 11.6. The molecule has 0 bridgehead atoms. The van der Waals surface area contributed by atoms with Crippen molar-refractivity contribution < 1.29 is 9.59 Å². The molecule has 1 heterocycles. The van der Waals surface area contributed by atoms with Crippen LogP contribution in [0.15, 0.2) is 0 Å². The molecule has 0 aromatic rings. The van der Waals surface area contributed by atoms with Crippen molar-refractivity contribution in [1.29, 1.82) is 0 Å². The first kappa shape index (κ1) is 11.2. The zero-order valence-electron chi connectivity index (χ0n) is 8.91. The van der Waals surface area contributed by atoms with E-state index in [2.05, 4.69) is 0 Å². The summed E-state index contributed by atoms with van der Waals surface area (Å²) in [7, 11) is 0. The Morgan fingerprint density at radius 3 is 2.50 bits per heavy atom. The first-order chi connectivity index (χ1) is 6.43. The number of amides is 1. The number of carbonyl (C=O) groups is 1. The second kappa shape index (κ2) is 3.69. The highest BCUT2D eigenvalue weighted by atomic mass is 16.2. The molecule has 1 saturated heterocycles. The smallest absolute Gasteiger partial charge is 0.240 e. The normalized spacial score (nSPS) is 26.8. The van der Waals surface area contributed by atoms with Crippen LogP contribution >= 0.6 is 0 Å². The minimum atomic E-state index is -0.828. The molecular weight excluding hydrogens is 180 g/mol. The van der Waals surface area contributed by atoms with Gasteiger partial charge >= 0.3 is 0 Å². The van der Waals surface area contributed by atoms with E-state index in [4.69, 9.17) is 5.73 Å². The van der Waals surface area contributed by atoms with E-state index in [1.54, 1.807) is 11.8 Å². The summed E-state index contributed by atoms with van der Waals surface area (Å²) >= 11 is 0. The van der Waals surface area contributed by atoms with E-state index < -0.39 is 11.6 Å². The molecule has 1 aliphatic rings. The maximum Gasteiger partial charge on any atom is 0.240 e. The lowest BCUT2D eigenvalue weighted by Gasteiger charge is -2.36. The van der Waals surface area contributed by atoms with E-state index in [1.165, 1.54) is 0 Å². The summed E-state index contributed by atoms with van der Waals surface area (Å²) in [5.74, 6) is -0.0844. The molecule has 1 radical (unpaired) electrons. The third-order valence-electron chi connectivity index (χ3n) is 3.14. The second-order valence-corrected chi connectivity index (χ2v) is 4.29. The Kier molecular flexibility index (Phi) is 2.95. The SMILES string of the molecule is CC(C)[C@@](C)([C]=O)N1CC[C@H](N)C1=O. The molecule has 0 spiro atoms. The van der Waals surface area contributed by atoms with Crippen molar-refractivity contribution in [3.05, 3.63) is 0 Å². The zero-order chi connectivity index (χ0) is 10.9. The van der Waals surface area contributed by atoms with Gasteiger partial charge in [0.1, 0.15) is 5.54 Å². The number of nitrogens with two attached hydrogens (primary N) is 1. The van der Waals surface area contributed by atoms with E-state index in [0.29, 0.717) is 13.0 Å². The molecule has 1 amide bonds. The minimum absolute atomic E-state index is 0.0502. The molecule has 4 nitrogen and oxygen atoms in total. The molecule has 2 atom stereocenters. The number of likely N-dealkylation sites (tertiary alicyclic amines) is 1. The summed E-state index contributed by atoms with van der Waals surface area (Å²) in [6.07, 6.45) is 2.60. The molecule has 1 rings (SSSR count). The zero-order valence-corrected chi connectivity index (χ0v) is 8.91. The van der Waals surface area contributed by atoms with Gasteiger partial charge in [0.2, 0.25) is 12.2 Å². The van der Waals surface area contributed by atoms with Crippen LogP contribution in [0.25, 0.3) is 0 Å². The summed E-state index contributed by atoms with van der Waals surface area (Å²) in [4.78, 5) is 24.1. The van der Waals surface area contributed by atoms with E-state index in [1.807, 2.05) is 20.1 Å². The summed E-state index contributed by atoms with van der Waals surface area (Å²) in [6, 6.07) is -0.443. The number of carbonyl (C=O) groups excluding carboxylic acids is 2. The molecule has 0 aromatic carbocycles. The Hall–Kier alpha value is -0.900. The van der Waals surface area contributed by atoms with Crippen molar-refractivity contribution in [2.24, 2.45) is 11.7 Å². The Morgan fingerprint density at radius 1 is 1.64 bits per heavy atom. The van der Waals surface area contributed by atoms with Crippen LogP contribution < -0.4 is 5.73 Å². The van der Waals surface area contributed by atoms with Gasteiger partial charge in [-0.1, -0.05) is 13.8 Å². The Bertz CT molecular complexity index is 253. The molecule has 0 saturated carbocycles. The van der Waals surface area contributed by atoms with Crippen LogP contribution in [-0.2, 0) is 9.59 Å². The van der Waals surface area contributed by atoms with Crippen molar-refractivity contribution in [3.63, 3.8) is 0 Å². The van der Waals surface area contributed by atoms with Crippen molar-refractivity contribution in [3.8, 4) is 0 Å². The highest BCUT2D eigenvalue weighted by Gasteiger charge is 2.43. The standard InChI is InChI=1S/C10H17N2O2/c1-7(2)10(3,6-13)12-5-4-8(11)9(12)14/h7-8H,4-5,11H2,1-3H3/t8-,10+/m0/s1. The Morgan fingerprint density at radius 2 is 2.21 bits per heavy atom.